The number of nitrogens with one attached hydrogen (secondary N) is 3. The molecule has 4 aromatic heterocycles. The van der Waals surface area contributed by atoms with Crippen molar-refractivity contribution in [2.24, 2.45) is 11.5 Å². The zero-order valence-electron chi connectivity index (χ0n) is 38.8. The molecule has 0 bridgehead atoms. The SMILES string of the molecule is CCn1nc(C)cc1C(=O)Nc1nc2cc(C(N)=O)cc(OC)c2n1C/C=C/Cn1c(NC(=O)c2cc(C)nn2CC)nc2cc(C(N)=O)cc(OC/C=C/COC3CNC(CN(C)C)C3)c21. The Kier molecular flexibility index (Phi) is 14.8. The van der Waals surface area contributed by atoms with Gasteiger partial charge in [-0.1, -0.05) is 18.2 Å². The van der Waals surface area contributed by atoms with Gasteiger partial charge in [0.25, 0.3) is 11.8 Å². The van der Waals surface area contributed by atoms with Crippen molar-refractivity contribution >= 4 is 57.6 Å². The summed E-state index contributed by atoms with van der Waals surface area (Å²) in [6, 6.07) is 9.92. The van der Waals surface area contributed by atoms with E-state index >= 15 is 0 Å². The molecule has 1 aliphatic rings. The lowest BCUT2D eigenvalue weighted by Gasteiger charge is -2.15. The van der Waals surface area contributed by atoms with E-state index in [0.717, 1.165) is 19.5 Å². The number of primary amides is 2. The number of imidazole rings is 2. The van der Waals surface area contributed by atoms with Crippen LogP contribution in [0.15, 0.2) is 60.7 Å². The van der Waals surface area contributed by atoms with Crippen LogP contribution in [0.25, 0.3) is 22.1 Å². The van der Waals surface area contributed by atoms with Crippen molar-refractivity contribution in [3.63, 3.8) is 0 Å². The predicted octanol–water partition coefficient (Wildman–Crippen LogP) is 3.65. The van der Waals surface area contributed by atoms with Crippen LogP contribution in [0, 0.1) is 13.8 Å². The molecule has 2 atom stereocenters. The molecule has 2 unspecified atom stereocenters. The summed E-state index contributed by atoms with van der Waals surface area (Å²) in [5.74, 6) is -1.27. The monoisotopic (exact) mass is 918 g/mol. The molecule has 6 aromatic rings. The molecular weight excluding hydrogens is 861 g/mol. The van der Waals surface area contributed by atoms with Crippen molar-refractivity contribution in [1.29, 1.82) is 0 Å². The second-order valence-corrected chi connectivity index (χ2v) is 16.4. The van der Waals surface area contributed by atoms with Crippen LogP contribution in [0.2, 0.25) is 0 Å². The molecule has 4 amide bonds. The van der Waals surface area contributed by atoms with Gasteiger partial charge in [-0.25, -0.2) is 9.97 Å². The fourth-order valence-electron chi connectivity index (χ4n) is 8.14. The Balaban J connectivity index is 1.21. The molecule has 1 saturated heterocycles. The Morgan fingerprint density at radius 2 is 1.27 bits per heavy atom. The first-order valence-corrected chi connectivity index (χ1v) is 22.0. The van der Waals surface area contributed by atoms with Crippen molar-refractivity contribution in [3.05, 3.63) is 94.6 Å². The third kappa shape index (κ3) is 10.9. The van der Waals surface area contributed by atoms with Crippen molar-refractivity contribution in [2.75, 3.05) is 58.1 Å². The normalized spacial score (nSPS) is 15.2. The molecule has 21 heteroatoms. The van der Waals surface area contributed by atoms with E-state index < -0.39 is 23.6 Å². The molecule has 2 aromatic carbocycles. The average molecular weight is 919 g/mol. The van der Waals surface area contributed by atoms with Gasteiger partial charge in [0.2, 0.25) is 23.7 Å². The number of aromatic nitrogens is 8. The zero-order chi connectivity index (χ0) is 47.9. The minimum atomic E-state index is -0.682. The van der Waals surface area contributed by atoms with E-state index in [4.69, 9.17) is 35.6 Å². The molecule has 5 heterocycles. The number of methoxy groups -OCH3 is 1. The standard InChI is InChI=1S/C46H58N14O7/c1-8-59-35(18-27(3)54-59)43(63)52-45-50-33-20-29(41(47)61)22-37(65-7)39(33)57(45)14-10-11-15-58-40-34(51-46(58)53-44(64)36-19-28(4)55-60(36)9-2)21-30(42(48)62)23-38(40)67-17-13-12-16-66-32-24-31(49-25-32)26-56(5)6/h10-13,18-23,31-32,49H,8-9,14-17,24-26H2,1-7H3,(H2,47,61)(H2,48,62)(H,50,52,63)(H,51,53,64)/b11-10+,13-12+. The maximum absolute atomic E-state index is 13.9. The molecule has 0 aliphatic carbocycles. The molecule has 0 spiro atoms. The summed E-state index contributed by atoms with van der Waals surface area (Å²) in [6.07, 6.45) is 8.44. The van der Waals surface area contributed by atoms with Gasteiger partial charge in [-0.3, -0.25) is 39.2 Å². The topological polar surface area (TPSA) is 259 Å². The largest absolute Gasteiger partial charge is 0.494 e. The van der Waals surface area contributed by atoms with Crippen LogP contribution >= 0.6 is 0 Å². The van der Waals surface area contributed by atoms with Gasteiger partial charge in [-0.2, -0.15) is 10.2 Å². The lowest BCUT2D eigenvalue weighted by Crippen LogP contribution is -2.33. The van der Waals surface area contributed by atoms with Gasteiger partial charge in [0.05, 0.1) is 42.2 Å². The number of nitrogens with zero attached hydrogens (tertiary/aromatic N) is 9. The maximum atomic E-state index is 13.9. The summed E-state index contributed by atoms with van der Waals surface area (Å²) >= 11 is 0. The first kappa shape index (κ1) is 47.6. The fraction of sp³-hybridized carbons (Fsp3) is 0.391. The second kappa shape index (κ2) is 20.9. The summed E-state index contributed by atoms with van der Waals surface area (Å²) in [5, 5.41) is 18.2. The number of allylic oxidation sites excluding steroid dienone is 2. The van der Waals surface area contributed by atoms with Gasteiger partial charge in [0.1, 0.15) is 40.5 Å². The number of nitrogens with two attached hydrogens (primary N) is 2. The van der Waals surface area contributed by atoms with Crippen LogP contribution in [0.5, 0.6) is 11.5 Å². The summed E-state index contributed by atoms with van der Waals surface area (Å²) in [4.78, 5) is 64.1. The van der Waals surface area contributed by atoms with E-state index in [1.54, 1.807) is 56.6 Å². The van der Waals surface area contributed by atoms with Crippen molar-refractivity contribution in [2.45, 2.75) is 72.4 Å². The van der Waals surface area contributed by atoms with Gasteiger partial charge >= 0.3 is 0 Å². The van der Waals surface area contributed by atoms with Crippen LogP contribution in [0.1, 0.15) is 73.3 Å². The highest BCUT2D eigenvalue weighted by atomic mass is 16.5. The number of fused-ring (bicyclic) bond motifs is 2. The van der Waals surface area contributed by atoms with E-state index in [2.05, 4.69) is 45.1 Å². The highest BCUT2D eigenvalue weighted by Crippen LogP contribution is 2.33. The number of carbonyl (C=O) groups excluding carboxylic acids is 4. The minimum Gasteiger partial charge on any atom is -0.494 e. The molecule has 1 aliphatic heterocycles. The molecule has 0 saturated carbocycles. The lowest BCUT2D eigenvalue weighted by molar-refractivity contribution is 0.0866. The van der Waals surface area contributed by atoms with Crippen LogP contribution in [-0.4, -0.2) is 127 Å². The van der Waals surface area contributed by atoms with Crippen LogP contribution in [0.4, 0.5) is 11.9 Å². The molecule has 0 radical (unpaired) electrons. The highest BCUT2D eigenvalue weighted by molar-refractivity contribution is 6.05. The third-order valence-electron chi connectivity index (χ3n) is 11.2. The molecule has 1 fully saturated rings. The van der Waals surface area contributed by atoms with E-state index in [-0.39, 0.29) is 48.8 Å². The van der Waals surface area contributed by atoms with Crippen molar-refractivity contribution in [3.8, 4) is 11.5 Å². The van der Waals surface area contributed by atoms with Gasteiger partial charge in [0, 0.05) is 56.4 Å². The number of ether oxygens (including phenoxy) is 3. The van der Waals surface area contributed by atoms with Crippen LogP contribution in [0.3, 0.4) is 0 Å². The first-order valence-electron chi connectivity index (χ1n) is 22.0. The third-order valence-corrected chi connectivity index (χ3v) is 11.2. The number of hydrogen-bond donors (Lipinski definition) is 5. The van der Waals surface area contributed by atoms with Crippen LogP contribution < -0.4 is 36.9 Å². The minimum absolute atomic E-state index is 0.105. The van der Waals surface area contributed by atoms with Gasteiger partial charge in [0.15, 0.2) is 0 Å². The Labute approximate surface area is 387 Å². The molecular formula is C46H58N14O7. The predicted molar refractivity (Wildman–Crippen MR) is 253 cm³/mol. The second-order valence-electron chi connectivity index (χ2n) is 16.4. The summed E-state index contributed by atoms with van der Waals surface area (Å²) in [5.41, 5.74) is 15.5. The number of aryl methyl sites for hydroxylation is 4. The molecule has 7 rings (SSSR count). The Morgan fingerprint density at radius 1 is 0.761 bits per heavy atom. The van der Waals surface area contributed by atoms with E-state index in [0.29, 0.717) is 82.1 Å². The Bertz CT molecular complexity index is 2870. The van der Waals surface area contributed by atoms with Crippen molar-refractivity contribution in [1.82, 2.24) is 48.9 Å². The Morgan fingerprint density at radius 3 is 1.76 bits per heavy atom. The molecule has 67 heavy (non-hydrogen) atoms. The number of benzene rings is 2. The zero-order valence-corrected chi connectivity index (χ0v) is 38.8. The molecule has 7 N–H and O–H groups in total. The van der Waals surface area contributed by atoms with Crippen molar-refractivity contribution < 1.29 is 33.4 Å². The number of rotatable bonds is 21. The quantitative estimate of drug-likeness (QED) is 0.0647. The van der Waals surface area contributed by atoms with Gasteiger partial charge in [-0.05, 0) is 90.7 Å². The summed E-state index contributed by atoms with van der Waals surface area (Å²) < 4.78 is 24.8. The number of carbonyl (C=O) groups is 4. The van der Waals surface area contributed by atoms with Gasteiger partial charge in [-0.15, -0.1) is 0 Å². The smallest absolute Gasteiger partial charge is 0.276 e. The highest BCUT2D eigenvalue weighted by Gasteiger charge is 2.26. The Hall–Kier alpha value is -7.36. The van der Waals surface area contributed by atoms with E-state index in [1.165, 1.54) is 19.2 Å². The van der Waals surface area contributed by atoms with E-state index in [9.17, 15) is 19.2 Å². The first-order chi connectivity index (χ1) is 32.2. The maximum Gasteiger partial charge on any atom is 0.276 e. The lowest BCUT2D eigenvalue weighted by atomic mass is 10.1. The summed E-state index contributed by atoms with van der Waals surface area (Å²) in [6.45, 7) is 10.9. The number of hydrogen-bond acceptors (Lipinski definition) is 13. The molecule has 21 nitrogen and oxygen atoms in total. The van der Waals surface area contributed by atoms with Gasteiger partial charge < -0.3 is 45.0 Å². The van der Waals surface area contributed by atoms with Crippen LogP contribution in [-0.2, 0) is 30.9 Å². The number of anilines is 2. The van der Waals surface area contributed by atoms with E-state index in [1.807, 2.05) is 38.2 Å². The average Bonchev–Trinajstić information content (AvgIpc) is 4.13. The number of likely N-dealkylation sites (N-methyl/N-ethyl adjacent to an activating group) is 1. The fourth-order valence-corrected chi connectivity index (χ4v) is 8.14. The number of amides is 4. The summed E-state index contributed by atoms with van der Waals surface area (Å²) in [7, 11) is 5.57. The molecule has 354 valence electrons.